The number of aryl methyl sites for hydroxylation is 2. The van der Waals surface area contributed by atoms with Crippen molar-refractivity contribution in [2.75, 3.05) is 7.11 Å². The molecule has 2 heterocycles. The van der Waals surface area contributed by atoms with Crippen LogP contribution in [-0.4, -0.2) is 21.5 Å². The second-order valence-corrected chi connectivity index (χ2v) is 2.93. The van der Waals surface area contributed by atoms with Gasteiger partial charge in [-0.1, -0.05) is 27.7 Å². The highest BCUT2D eigenvalue weighted by Crippen LogP contribution is 2.22. The summed E-state index contributed by atoms with van der Waals surface area (Å²) < 4.78 is 7.16. The molecule has 0 N–H and O–H groups in total. The molecule has 0 spiro atoms. The standard InChI is InChI=1S/C9H11N3O.2C2H6/c1-6-4-8(13-3)9-11-5-10-7(2)12(6)9;2*1-2/h4-5H,1-3H3;2*1-2H3. The van der Waals surface area contributed by atoms with Gasteiger partial charge >= 0.3 is 0 Å². The Kier molecular flexibility index (Phi) is 6.94. The lowest BCUT2D eigenvalue weighted by molar-refractivity contribution is 0.419. The third-order valence-electron chi connectivity index (χ3n) is 2.09. The van der Waals surface area contributed by atoms with Crippen molar-refractivity contribution in [2.24, 2.45) is 0 Å². The second-order valence-electron chi connectivity index (χ2n) is 2.93. The van der Waals surface area contributed by atoms with E-state index >= 15 is 0 Å². The van der Waals surface area contributed by atoms with E-state index < -0.39 is 0 Å². The van der Waals surface area contributed by atoms with E-state index in [1.807, 2.05) is 52.0 Å². The van der Waals surface area contributed by atoms with Crippen LogP contribution in [0.1, 0.15) is 39.2 Å². The van der Waals surface area contributed by atoms with Gasteiger partial charge in [0, 0.05) is 11.8 Å². The summed E-state index contributed by atoms with van der Waals surface area (Å²) in [6, 6.07) is 1.96. The van der Waals surface area contributed by atoms with Crippen molar-refractivity contribution in [3.8, 4) is 5.75 Å². The van der Waals surface area contributed by atoms with Crippen molar-refractivity contribution >= 4 is 5.65 Å². The van der Waals surface area contributed by atoms with E-state index in [-0.39, 0.29) is 0 Å². The summed E-state index contributed by atoms with van der Waals surface area (Å²) >= 11 is 0. The molecule has 0 aliphatic heterocycles. The predicted molar refractivity (Wildman–Crippen MR) is 71.7 cm³/mol. The van der Waals surface area contributed by atoms with Crippen molar-refractivity contribution in [3.63, 3.8) is 0 Å². The number of hydrogen-bond donors (Lipinski definition) is 0. The molecule has 2 aromatic rings. The average molecular weight is 237 g/mol. The lowest BCUT2D eigenvalue weighted by atomic mass is 10.5. The van der Waals surface area contributed by atoms with Crippen LogP contribution in [0.4, 0.5) is 0 Å². The van der Waals surface area contributed by atoms with Crippen molar-refractivity contribution in [2.45, 2.75) is 41.5 Å². The van der Waals surface area contributed by atoms with Crippen LogP contribution in [0.2, 0.25) is 0 Å². The van der Waals surface area contributed by atoms with Gasteiger partial charge in [-0.15, -0.1) is 0 Å². The molecular formula is C13H23N3O. The molecule has 2 rings (SSSR count). The molecule has 0 saturated carbocycles. The van der Waals surface area contributed by atoms with E-state index in [1.165, 1.54) is 0 Å². The lowest BCUT2D eigenvalue weighted by Crippen LogP contribution is -1.98. The van der Waals surface area contributed by atoms with Crippen molar-refractivity contribution in [1.29, 1.82) is 0 Å². The van der Waals surface area contributed by atoms with Crippen LogP contribution in [-0.2, 0) is 0 Å². The second kappa shape index (κ2) is 7.65. The molecule has 0 amide bonds. The first-order chi connectivity index (χ1) is 8.24. The maximum absolute atomic E-state index is 5.19. The van der Waals surface area contributed by atoms with Gasteiger partial charge in [-0.25, -0.2) is 9.97 Å². The molecule has 2 aromatic heterocycles. The van der Waals surface area contributed by atoms with Crippen LogP contribution in [0.5, 0.6) is 5.75 Å². The molecule has 0 radical (unpaired) electrons. The average Bonchev–Trinajstić information content (AvgIpc) is 2.72. The third kappa shape index (κ3) is 3.19. The molecule has 0 aliphatic carbocycles. The van der Waals surface area contributed by atoms with Crippen LogP contribution in [0.3, 0.4) is 0 Å². The van der Waals surface area contributed by atoms with Crippen LogP contribution >= 0.6 is 0 Å². The normalized spacial score (nSPS) is 8.88. The fraction of sp³-hybridized carbons (Fsp3) is 0.538. The van der Waals surface area contributed by atoms with Gasteiger partial charge in [0.25, 0.3) is 0 Å². The Bertz CT molecular complexity index is 449. The Hall–Kier alpha value is -1.58. The van der Waals surface area contributed by atoms with Gasteiger partial charge in [0.2, 0.25) is 0 Å². The number of hydrogen-bond acceptors (Lipinski definition) is 3. The van der Waals surface area contributed by atoms with E-state index in [0.29, 0.717) is 0 Å². The van der Waals surface area contributed by atoms with E-state index in [2.05, 4.69) is 9.97 Å². The van der Waals surface area contributed by atoms with Crippen molar-refractivity contribution in [1.82, 2.24) is 14.4 Å². The number of nitrogens with zero attached hydrogens (tertiary/aromatic N) is 3. The number of fused-ring (bicyclic) bond motifs is 1. The van der Waals surface area contributed by atoms with Gasteiger partial charge in [-0.05, 0) is 13.8 Å². The summed E-state index contributed by atoms with van der Waals surface area (Å²) in [4.78, 5) is 8.27. The Morgan fingerprint density at radius 2 is 1.65 bits per heavy atom. The van der Waals surface area contributed by atoms with E-state index in [4.69, 9.17) is 4.74 Å². The van der Waals surface area contributed by atoms with Gasteiger partial charge in [0.1, 0.15) is 12.2 Å². The summed E-state index contributed by atoms with van der Waals surface area (Å²) in [6.07, 6.45) is 1.55. The molecular weight excluding hydrogens is 214 g/mol. The highest BCUT2D eigenvalue weighted by Gasteiger charge is 2.08. The summed E-state index contributed by atoms with van der Waals surface area (Å²) in [6.45, 7) is 12.0. The summed E-state index contributed by atoms with van der Waals surface area (Å²) in [5.74, 6) is 1.72. The molecule has 0 fully saturated rings. The molecule has 96 valence electrons. The van der Waals surface area contributed by atoms with Gasteiger partial charge in [0.05, 0.1) is 7.11 Å². The SMILES string of the molecule is CC.CC.COc1cc(C)n2c(C)ncnc12. The summed E-state index contributed by atoms with van der Waals surface area (Å²) in [5, 5.41) is 0. The van der Waals surface area contributed by atoms with Gasteiger partial charge < -0.3 is 4.74 Å². The van der Waals surface area contributed by atoms with E-state index in [1.54, 1.807) is 13.4 Å². The zero-order valence-electron chi connectivity index (χ0n) is 11.9. The molecule has 4 heteroatoms. The van der Waals surface area contributed by atoms with Gasteiger partial charge in [0.15, 0.2) is 11.4 Å². The van der Waals surface area contributed by atoms with E-state index in [0.717, 1.165) is 22.9 Å². The smallest absolute Gasteiger partial charge is 0.182 e. The monoisotopic (exact) mass is 237 g/mol. The maximum Gasteiger partial charge on any atom is 0.182 e. The summed E-state index contributed by atoms with van der Waals surface area (Å²) in [5.41, 5.74) is 1.91. The molecule has 4 nitrogen and oxygen atoms in total. The highest BCUT2D eigenvalue weighted by molar-refractivity contribution is 5.56. The molecule has 0 saturated heterocycles. The number of methoxy groups -OCH3 is 1. The molecule has 17 heavy (non-hydrogen) atoms. The maximum atomic E-state index is 5.19. The zero-order chi connectivity index (χ0) is 13.4. The molecule has 0 aromatic carbocycles. The minimum atomic E-state index is 0.794. The fourth-order valence-corrected chi connectivity index (χ4v) is 1.50. The van der Waals surface area contributed by atoms with Crippen molar-refractivity contribution in [3.05, 3.63) is 23.9 Å². The lowest BCUT2D eigenvalue weighted by Gasteiger charge is -2.00. The van der Waals surface area contributed by atoms with Crippen LogP contribution < -0.4 is 4.74 Å². The Morgan fingerprint density at radius 3 is 2.18 bits per heavy atom. The molecule has 0 aliphatic rings. The first-order valence-corrected chi connectivity index (χ1v) is 6.07. The third-order valence-corrected chi connectivity index (χ3v) is 2.09. The fourth-order valence-electron chi connectivity index (χ4n) is 1.50. The van der Waals surface area contributed by atoms with Crippen molar-refractivity contribution < 1.29 is 4.74 Å². The minimum Gasteiger partial charge on any atom is -0.493 e. The number of rotatable bonds is 1. The largest absolute Gasteiger partial charge is 0.493 e. The van der Waals surface area contributed by atoms with Gasteiger partial charge in [-0.2, -0.15) is 0 Å². The number of ether oxygens (including phenoxy) is 1. The molecule has 0 unspecified atom stereocenters. The minimum absolute atomic E-state index is 0.794. The van der Waals surface area contributed by atoms with Crippen LogP contribution in [0.15, 0.2) is 12.4 Å². The van der Waals surface area contributed by atoms with Gasteiger partial charge in [-0.3, -0.25) is 4.40 Å². The molecule has 0 bridgehead atoms. The topological polar surface area (TPSA) is 39.4 Å². The Morgan fingerprint density at radius 1 is 1.06 bits per heavy atom. The van der Waals surface area contributed by atoms with Crippen LogP contribution in [0, 0.1) is 13.8 Å². The van der Waals surface area contributed by atoms with Crippen LogP contribution in [0.25, 0.3) is 5.65 Å². The highest BCUT2D eigenvalue weighted by atomic mass is 16.5. The number of aromatic nitrogens is 3. The predicted octanol–water partition coefficient (Wildman–Crippen LogP) is 3.41. The van der Waals surface area contributed by atoms with E-state index in [9.17, 15) is 0 Å². The zero-order valence-corrected chi connectivity index (χ0v) is 11.9. The first-order valence-electron chi connectivity index (χ1n) is 6.07. The summed E-state index contributed by atoms with van der Waals surface area (Å²) in [7, 11) is 1.65. The first kappa shape index (κ1) is 15.4. The quantitative estimate of drug-likeness (QED) is 0.763. The molecule has 0 atom stereocenters. The Balaban J connectivity index is 0.000000581. The Labute approximate surface area is 104 Å².